The van der Waals surface area contributed by atoms with E-state index in [1.54, 1.807) is 0 Å². The van der Waals surface area contributed by atoms with Crippen molar-refractivity contribution in [1.29, 1.82) is 0 Å². The van der Waals surface area contributed by atoms with Gasteiger partial charge in [-0.1, -0.05) is 0 Å². The largest absolute Gasteiger partial charge is 0.567 e. The summed E-state index contributed by atoms with van der Waals surface area (Å²) < 4.78 is 11.0. The van der Waals surface area contributed by atoms with Gasteiger partial charge in [0.25, 0.3) is 5.56 Å². The molecule has 0 aliphatic carbocycles. The molecule has 1 saturated heterocycles. The summed E-state index contributed by atoms with van der Waals surface area (Å²) in [5, 5.41) is 14.0. The van der Waals surface area contributed by atoms with Crippen LogP contribution in [0.2, 0.25) is 0 Å². The lowest BCUT2D eigenvalue weighted by Gasteiger charge is -2.15. The van der Waals surface area contributed by atoms with Crippen LogP contribution in [0.5, 0.6) is 0 Å². The highest BCUT2D eigenvalue weighted by Gasteiger charge is 2.37. The molecule has 1 aliphatic rings. The molecule has 1 aromatic rings. The number of aliphatic hydroxyl groups is 2. The Morgan fingerprint density at radius 3 is 2.40 bits per heavy atom. The summed E-state index contributed by atoms with van der Waals surface area (Å²) in [4.78, 5) is 61.8. The molecule has 13 heteroatoms. The number of hydrogen-bond donors (Lipinski definition) is 6. The van der Waals surface area contributed by atoms with Gasteiger partial charge in [0.2, 0.25) is 0 Å². The molecule has 0 saturated carbocycles. The molecule has 1 aromatic heterocycles. The van der Waals surface area contributed by atoms with Crippen molar-refractivity contribution < 1.29 is 38.9 Å². The smallest absolute Gasteiger partial charge is 0.400 e. The van der Waals surface area contributed by atoms with Gasteiger partial charge in [-0.2, -0.15) is 19.2 Å². The van der Waals surface area contributed by atoms with Crippen LogP contribution < -0.4 is 11.2 Å². The fourth-order valence-electron chi connectivity index (χ4n) is 2.00. The van der Waals surface area contributed by atoms with Crippen LogP contribution >= 0.6 is 8.17 Å². The Kier molecular flexibility index (Phi) is 10.5. The molecule has 0 aromatic carbocycles. The molecular formula is C12H22N2O10P+. The van der Waals surface area contributed by atoms with Crippen LogP contribution in [0.25, 0.3) is 0 Å². The minimum Gasteiger partial charge on any atom is -0.400 e. The quantitative estimate of drug-likeness (QED) is 0.242. The first-order valence-electron chi connectivity index (χ1n) is 6.87. The molecule has 144 valence electrons. The highest BCUT2D eigenvalue weighted by Crippen LogP contribution is 2.46. The summed E-state index contributed by atoms with van der Waals surface area (Å²) in [7, 11) is -2.33. The number of aldehydes is 1. The maximum atomic E-state index is 11.7. The van der Waals surface area contributed by atoms with Gasteiger partial charge in [-0.05, 0) is 12.8 Å². The normalized spacial score (nSPS) is 19.3. The number of hydrogen-bond acceptors (Lipinski definition) is 10. The molecule has 2 unspecified atom stereocenters. The Bertz CT molecular complexity index is 638. The van der Waals surface area contributed by atoms with E-state index in [4.69, 9.17) is 29.6 Å². The summed E-state index contributed by atoms with van der Waals surface area (Å²) in [5.41, 5.74) is -1.70. The number of aromatic amines is 1. The van der Waals surface area contributed by atoms with Crippen molar-refractivity contribution in [2.45, 2.75) is 25.2 Å². The first kappa shape index (κ1) is 23.5. The van der Waals surface area contributed by atoms with Gasteiger partial charge in [0, 0.05) is 20.4 Å². The van der Waals surface area contributed by atoms with Crippen LogP contribution in [-0.2, 0) is 9.26 Å². The van der Waals surface area contributed by atoms with E-state index >= 15 is 0 Å². The third-order valence-electron chi connectivity index (χ3n) is 2.95. The second-order valence-corrected chi connectivity index (χ2v) is 5.75. The van der Waals surface area contributed by atoms with E-state index in [-0.39, 0.29) is 12.2 Å². The van der Waals surface area contributed by atoms with E-state index in [0.717, 1.165) is 25.0 Å². The topological polar surface area (TPSA) is 192 Å². The number of nitrogens with zero attached hydrogens (tertiary/aromatic N) is 1. The molecule has 2 heterocycles. The zero-order chi connectivity index (χ0) is 19.6. The van der Waals surface area contributed by atoms with Gasteiger partial charge in [-0.25, -0.2) is 4.79 Å². The monoisotopic (exact) mass is 385 g/mol. The zero-order valence-electron chi connectivity index (χ0n) is 13.6. The number of H-pyrrole nitrogens is 1. The SMILES string of the molecule is CO.CO.O=Cc1cn(C2CCC(CO[P+](O)(O)O)O2)c(=O)[nH]c1=O. The van der Waals surface area contributed by atoms with Gasteiger partial charge in [0.05, 0.1) is 11.7 Å². The van der Waals surface area contributed by atoms with E-state index in [0.29, 0.717) is 19.1 Å². The predicted molar refractivity (Wildman–Crippen MR) is 85.7 cm³/mol. The summed E-state index contributed by atoms with van der Waals surface area (Å²) in [6.45, 7) is -0.258. The van der Waals surface area contributed by atoms with Crippen LogP contribution in [-0.4, -0.2) is 67.7 Å². The molecule has 25 heavy (non-hydrogen) atoms. The van der Waals surface area contributed by atoms with E-state index in [1.165, 1.54) is 0 Å². The van der Waals surface area contributed by atoms with E-state index in [2.05, 4.69) is 4.52 Å². The van der Waals surface area contributed by atoms with Crippen LogP contribution in [0, 0.1) is 0 Å². The van der Waals surface area contributed by atoms with Crippen molar-refractivity contribution in [2.75, 3.05) is 20.8 Å². The average Bonchev–Trinajstić information content (AvgIpc) is 3.05. The molecule has 0 amide bonds. The molecule has 0 spiro atoms. The predicted octanol–water partition coefficient (Wildman–Crippen LogP) is -2.09. The maximum Gasteiger partial charge on any atom is 0.567 e. The lowest BCUT2D eigenvalue weighted by molar-refractivity contribution is -0.0271. The molecule has 0 bridgehead atoms. The molecule has 0 radical (unpaired) electrons. The van der Waals surface area contributed by atoms with Crippen LogP contribution in [0.1, 0.15) is 29.4 Å². The summed E-state index contributed by atoms with van der Waals surface area (Å²) in [6.07, 6.45) is 0.985. The summed E-state index contributed by atoms with van der Waals surface area (Å²) >= 11 is 0. The Hall–Kier alpha value is -1.50. The van der Waals surface area contributed by atoms with Crippen molar-refractivity contribution in [1.82, 2.24) is 9.55 Å². The van der Waals surface area contributed by atoms with E-state index in [1.807, 2.05) is 4.98 Å². The Morgan fingerprint density at radius 1 is 1.28 bits per heavy atom. The van der Waals surface area contributed by atoms with Crippen molar-refractivity contribution >= 4 is 14.5 Å². The van der Waals surface area contributed by atoms with E-state index < -0.39 is 31.8 Å². The Labute approximate surface area is 142 Å². The first-order chi connectivity index (χ1) is 11.8. The number of carbonyl (C=O) groups excluding carboxylic acids is 1. The van der Waals surface area contributed by atoms with Gasteiger partial charge in [-0.15, -0.1) is 0 Å². The summed E-state index contributed by atoms with van der Waals surface area (Å²) in [5.74, 6) is 0. The van der Waals surface area contributed by atoms with Gasteiger partial charge >= 0.3 is 13.9 Å². The average molecular weight is 385 g/mol. The molecule has 6 N–H and O–H groups in total. The fourth-order valence-corrected chi connectivity index (χ4v) is 2.36. The maximum absolute atomic E-state index is 11.7. The minimum absolute atomic E-state index is 0.205. The van der Waals surface area contributed by atoms with Gasteiger partial charge in [-0.3, -0.25) is 19.1 Å². The first-order valence-corrected chi connectivity index (χ1v) is 8.44. The molecule has 2 atom stereocenters. The number of aliphatic hydroxyl groups excluding tert-OH is 2. The van der Waals surface area contributed by atoms with Crippen molar-refractivity contribution in [3.05, 3.63) is 32.6 Å². The number of ether oxygens (including phenoxy) is 1. The second kappa shape index (κ2) is 11.2. The second-order valence-electron chi connectivity index (χ2n) is 4.47. The lowest BCUT2D eigenvalue weighted by Crippen LogP contribution is -2.34. The van der Waals surface area contributed by atoms with Crippen molar-refractivity contribution in [2.24, 2.45) is 0 Å². The fraction of sp³-hybridized carbons (Fsp3) is 0.583. The zero-order valence-corrected chi connectivity index (χ0v) is 14.5. The van der Waals surface area contributed by atoms with Crippen LogP contribution in [0.4, 0.5) is 0 Å². The standard InChI is InChI=1S/C10H13N2O8P.2CH4O/c13-4-6-3-12(10(15)11-9(6)14)8-2-1-7(20-8)5-19-21(16,17)18;2*1-2/h3-4,7-8,16-18H,1-2,5H2;2*2H,1H3/p+1. The number of aromatic nitrogens is 2. The Morgan fingerprint density at radius 2 is 1.88 bits per heavy atom. The Balaban J connectivity index is 0.00000134. The van der Waals surface area contributed by atoms with Crippen molar-refractivity contribution in [3.8, 4) is 0 Å². The summed E-state index contributed by atoms with van der Waals surface area (Å²) in [6, 6.07) is 0. The van der Waals surface area contributed by atoms with Gasteiger partial charge < -0.3 is 14.9 Å². The lowest BCUT2D eigenvalue weighted by atomic mass is 10.2. The van der Waals surface area contributed by atoms with Crippen molar-refractivity contribution in [3.63, 3.8) is 0 Å². The van der Waals surface area contributed by atoms with Crippen LogP contribution in [0.15, 0.2) is 15.8 Å². The molecule has 2 rings (SSSR count). The third kappa shape index (κ3) is 7.50. The number of rotatable bonds is 5. The molecule has 1 fully saturated rings. The third-order valence-corrected chi connectivity index (χ3v) is 3.45. The van der Waals surface area contributed by atoms with E-state index in [9.17, 15) is 14.4 Å². The molecule has 1 aliphatic heterocycles. The van der Waals surface area contributed by atoms with Gasteiger partial charge in [0.15, 0.2) is 6.29 Å². The number of nitrogens with one attached hydrogen (secondary N) is 1. The highest BCUT2D eigenvalue weighted by atomic mass is 31.2. The molecule has 12 nitrogen and oxygen atoms in total. The number of carbonyl (C=O) groups is 1. The molecular weight excluding hydrogens is 363 g/mol. The van der Waals surface area contributed by atoms with Crippen LogP contribution in [0.3, 0.4) is 0 Å². The minimum atomic E-state index is -4.33. The van der Waals surface area contributed by atoms with Gasteiger partial charge in [0.1, 0.15) is 12.8 Å². The highest BCUT2D eigenvalue weighted by molar-refractivity contribution is 7.53.